The second-order valence-electron chi connectivity index (χ2n) is 7.38. The third kappa shape index (κ3) is 3.68. The second kappa shape index (κ2) is 8.74. The maximum atomic E-state index is 13.3. The van der Waals surface area contributed by atoms with E-state index in [1.807, 2.05) is 24.3 Å². The first-order valence-corrected chi connectivity index (χ1v) is 10.1. The molecule has 0 unspecified atom stereocenters. The van der Waals surface area contributed by atoms with E-state index in [-0.39, 0.29) is 28.7 Å². The summed E-state index contributed by atoms with van der Waals surface area (Å²) >= 11 is 0. The molecule has 0 atom stereocenters. The lowest BCUT2D eigenvalue weighted by atomic mass is 9.96. The van der Waals surface area contributed by atoms with E-state index < -0.39 is 16.5 Å². The van der Waals surface area contributed by atoms with E-state index >= 15 is 0 Å². The first-order chi connectivity index (χ1) is 15.5. The number of amides is 1. The summed E-state index contributed by atoms with van der Waals surface area (Å²) in [4.78, 5) is 30.6. The molecule has 0 saturated carbocycles. The summed E-state index contributed by atoms with van der Waals surface area (Å²) in [5, 5.41) is 11.8. The van der Waals surface area contributed by atoms with Crippen molar-refractivity contribution in [1.82, 2.24) is 9.88 Å². The number of para-hydroxylation sites is 2. The van der Waals surface area contributed by atoms with Crippen LogP contribution in [0, 0.1) is 10.1 Å². The predicted octanol–water partition coefficient (Wildman–Crippen LogP) is 3.78. The van der Waals surface area contributed by atoms with Gasteiger partial charge in [0.05, 0.1) is 26.3 Å². The highest BCUT2D eigenvalue weighted by Crippen LogP contribution is 2.46. The Morgan fingerprint density at radius 1 is 1.12 bits per heavy atom. The van der Waals surface area contributed by atoms with Crippen molar-refractivity contribution in [3.8, 4) is 17.2 Å². The zero-order valence-corrected chi connectivity index (χ0v) is 18.0. The molecule has 10 heteroatoms. The van der Waals surface area contributed by atoms with Crippen LogP contribution in [0.25, 0.3) is 11.1 Å². The molecule has 1 amide bonds. The first-order valence-electron chi connectivity index (χ1n) is 10.1. The number of nitro groups is 1. The molecular weight excluding hydrogens is 418 g/mol. The van der Waals surface area contributed by atoms with Crippen LogP contribution in [0.15, 0.2) is 34.7 Å². The summed E-state index contributed by atoms with van der Waals surface area (Å²) in [5.74, 6) is 0.347. The largest absolute Gasteiger partial charge is 0.493 e. The van der Waals surface area contributed by atoms with Crippen LogP contribution < -0.4 is 14.2 Å². The molecule has 2 aromatic carbocycles. The highest BCUT2D eigenvalue weighted by Gasteiger charge is 2.36. The van der Waals surface area contributed by atoms with Crippen molar-refractivity contribution >= 4 is 22.7 Å². The van der Waals surface area contributed by atoms with E-state index in [0.717, 1.165) is 11.1 Å². The van der Waals surface area contributed by atoms with Crippen LogP contribution in [-0.4, -0.2) is 55.1 Å². The zero-order chi connectivity index (χ0) is 22.8. The van der Waals surface area contributed by atoms with Crippen LogP contribution in [0.3, 0.4) is 0 Å². The number of hydrogen-bond donors (Lipinski definition) is 0. The van der Waals surface area contributed by atoms with Crippen LogP contribution in [0.1, 0.15) is 35.0 Å². The van der Waals surface area contributed by atoms with Gasteiger partial charge in [0.1, 0.15) is 11.1 Å². The van der Waals surface area contributed by atoms with Crippen LogP contribution in [-0.2, 0) is 0 Å². The Bertz CT molecular complexity index is 1130. The van der Waals surface area contributed by atoms with Crippen LogP contribution in [0.2, 0.25) is 0 Å². The van der Waals surface area contributed by atoms with Crippen molar-refractivity contribution in [2.45, 2.75) is 18.8 Å². The maximum absolute atomic E-state index is 13.3. The van der Waals surface area contributed by atoms with Crippen LogP contribution >= 0.6 is 0 Å². The number of nitro benzene ring substituents is 1. The number of rotatable bonds is 6. The van der Waals surface area contributed by atoms with Crippen molar-refractivity contribution in [2.24, 2.45) is 0 Å². The number of likely N-dealkylation sites (tertiary alicyclic amines) is 1. The number of ether oxygens (including phenoxy) is 3. The molecule has 1 fully saturated rings. The highest BCUT2D eigenvalue weighted by molar-refractivity contribution is 6.00. The van der Waals surface area contributed by atoms with Gasteiger partial charge in [-0.25, -0.2) is 4.98 Å². The molecule has 1 saturated heterocycles. The number of hydrogen-bond acceptors (Lipinski definition) is 8. The molecule has 0 radical (unpaired) electrons. The Kier molecular flexibility index (Phi) is 5.85. The minimum atomic E-state index is -0.640. The minimum absolute atomic E-state index is 0.0629. The molecule has 4 rings (SSSR count). The average molecular weight is 441 g/mol. The Balaban J connectivity index is 1.59. The Labute approximate surface area is 183 Å². The number of piperidine rings is 1. The average Bonchev–Trinajstić information content (AvgIpc) is 3.26. The smallest absolute Gasteiger partial charge is 0.327 e. The predicted molar refractivity (Wildman–Crippen MR) is 115 cm³/mol. The topological polar surface area (TPSA) is 117 Å². The standard InChI is InChI=1S/C22H23N3O7/c1-29-17-12-14(18(25(27)28)20(31-3)19(17)30-2)22(26)24-10-8-13(9-11-24)21-23-15-6-4-5-7-16(15)32-21/h4-7,12-13H,8-11H2,1-3H3. The lowest BCUT2D eigenvalue weighted by Gasteiger charge is -2.30. The number of aromatic nitrogens is 1. The van der Waals surface area contributed by atoms with Crippen molar-refractivity contribution < 1.29 is 28.3 Å². The van der Waals surface area contributed by atoms with Gasteiger partial charge in [-0.3, -0.25) is 14.9 Å². The Hall–Kier alpha value is -3.82. The molecule has 0 N–H and O–H groups in total. The lowest BCUT2D eigenvalue weighted by molar-refractivity contribution is -0.386. The molecule has 32 heavy (non-hydrogen) atoms. The fourth-order valence-electron chi connectivity index (χ4n) is 4.05. The van der Waals surface area contributed by atoms with Crippen molar-refractivity contribution in [1.29, 1.82) is 0 Å². The SMILES string of the molecule is COc1cc(C(=O)N2CCC(c3nc4ccccc4o3)CC2)c([N+](=O)[O-])c(OC)c1OC. The van der Waals surface area contributed by atoms with Gasteiger partial charge in [-0.2, -0.15) is 0 Å². The van der Waals surface area contributed by atoms with Gasteiger partial charge in [0.15, 0.2) is 17.2 Å². The molecule has 2 heterocycles. The Morgan fingerprint density at radius 3 is 2.41 bits per heavy atom. The number of fused-ring (bicyclic) bond motifs is 1. The fourth-order valence-corrected chi connectivity index (χ4v) is 4.05. The number of carbonyl (C=O) groups is 1. The normalized spacial score (nSPS) is 14.4. The molecule has 0 bridgehead atoms. The molecular formula is C22H23N3O7. The molecule has 1 aromatic heterocycles. The van der Waals surface area contributed by atoms with Gasteiger partial charge in [0.2, 0.25) is 11.5 Å². The first kappa shape index (κ1) is 21.4. The van der Waals surface area contributed by atoms with Gasteiger partial charge in [0.25, 0.3) is 5.91 Å². The van der Waals surface area contributed by atoms with Gasteiger partial charge >= 0.3 is 5.69 Å². The lowest BCUT2D eigenvalue weighted by Crippen LogP contribution is -2.38. The number of oxazole rings is 1. The fraction of sp³-hybridized carbons (Fsp3) is 0.364. The summed E-state index contributed by atoms with van der Waals surface area (Å²) in [5.41, 5.74) is 0.976. The minimum Gasteiger partial charge on any atom is -0.493 e. The van der Waals surface area contributed by atoms with Gasteiger partial charge in [-0.1, -0.05) is 12.1 Å². The molecule has 0 aliphatic carbocycles. The number of nitrogens with zero attached hydrogens (tertiary/aromatic N) is 3. The third-order valence-electron chi connectivity index (χ3n) is 5.66. The van der Waals surface area contributed by atoms with E-state index in [2.05, 4.69) is 4.98 Å². The van der Waals surface area contributed by atoms with Gasteiger partial charge in [-0.15, -0.1) is 0 Å². The van der Waals surface area contributed by atoms with E-state index in [1.54, 1.807) is 4.90 Å². The van der Waals surface area contributed by atoms with Crippen LogP contribution in [0.5, 0.6) is 17.2 Å². The van der Waals surface area contributed by atoms with E-state index in [4.69, 9.17) is 18.6 Å². The summed E-state index contributed by atoms with van der Waals surface area (Å²) in [7, 11) is 4.02. The van der Waals surface area contributed by atoms with E-state index in [0.29, 0.717) is 31.8 Å². The second-order valence-corrected chi connectivity index (χ2v) is 7.38. The summed E-state index contributed by atoms with van der Waals surface area (Å²) in [6, 6.07) is 8.89. The quantitative estimate of drug-likeness (QED) is 0.419. The Morgan fingerprint density at radius 2 is 1.81 bits per heavy atom. The number of carbonyl (C=O) groups excluding carboxylic acids is 1. The number of benzene rings is 2. The highest BCUT2D eigenvalue weighted by atomic mass is 16.6. The number of methoxy groups -OCH3 is 3. The van der Waals surface area contributed by atoms with Crippen molar-refractivity contribution in [3.63, 3.8) is 0 Å². The summed E-state index contributed by atoms with van der Waals surface area (Å²) in [6.45, 7) is 0.825. The molecule has 10 nitrogen and oxygen atoms in total. The third-order valence-corrected chi connectivity index (χ3v) is 5.66. The molecule has 0 spiro atoms. The molecule has 1 aliphatic rings. The van der Waals surface area contributed by atoms with Gasteiger partial charge in [0, 0.05) is 25.1 Å². The monoisotopic (exact) mass is 441 g/mol. The summed E-state index contributed by atoms with van der Waals surface area (Å²) < 4.78 is 21.6. The zero-order valence-electron chi connectivity index (χ0n) is 18.0. The van der Waals surface area contributed by atoms with E-state index in [1.165, 1.54) is 27.4 Å². The summed E-state index contributed by atoms with van der Waals surface area (Å²) in [6.07, 6.45) is 1.27. The van der Waals surface area contributed by atoms with Crippen molar-refractivity contribution in [2.75, 3.05) is 34.4 Å². The molecule has 168 valence electrons. The van der Waals surface area contributed by atoms with Crippen LogP contribution in [0.4, 0.5) is 5.69 Å². The van der Waals surface area contributed by atoms with Gasteiger partial charge < -0.3 is 23.5 Å². The molecule has 1 aliphatic heterocycles. The van der Waals surface area contributed by atoms with E-state index in [9.17, 15) is 14.9 Å². The van der Waals surface area contributed by atoms with Crippen molar-refractivity contribution in [3.05, 3.63) is 51.9 Å². The van der Waals surface area contributed by atoms with Gasteiger partial charge in [-0.05, 0) is 25.0 Å². The molecule has 3 aromatic rings. The maximum Gasteiger partial charge on any atom is 0.327 e.